The average Bonchev–Trinajstić information content (AvgIpc) is 3.02. The van der Waals surface area contributed by atoms with E-state index in [1.807, 2.05) is 0 Å². The summed E-state index contributed by atoms with van der Waals surface area (Å²) in [6.45, 7) is 6.66. The molecule has 1 saturated heterocycles. The third-order valence-electron chi connectivity index (χ3n) is 10.3. The van der Waals surface area contributed by atoms with Crippen molar-refractivity contribution in [3.05, 3.63) is 0 Å². The number of nitrogens with one attached hydrogen (secondary N) is 1. The Balaban J connectivity index is 0.000000771. The summed E-state index contributed by atoms with van der Waals surface area (Å²) in [6, 6.07) is -0.270. The monoisotopic (exact) mass is 585 g/mol. The van der Waals surface area contributed by atoms with Gasteiger partial charge in [0.1, 0.15) is 11.6 Å². The SMILES string of the molecule is CCC[NH+]1CC2(COC)CC[C@H](OC)[C@@]34CC[C@H](COC)[C@@H](O)C[C@@](C)(O)C(O)([C@@H](OC)[C@H]23)[C@H]14.[O-][Cl+3]([O-])([O-])[O-]. The summed E-state index contributed by atoms with van der Waals surface area (Å²) in [7, 11) is 1.91. The van der Waals surface area contributed by atoms with Crippen LogP contribution in [0.5, 0.6) is 0 Å². The van der Waals surface area contributed by atoms with Gasteiger partial charge in [-0.25, -0.2) is 18.6 Å². The molecule has 3 unspecified atom stereocenters. The van der Waals surface area contributed by atoms with Crippen molar-refractivity contribution >= 4 is 0 Å². The molecule has 39 heavy (non-hydrogen) atoms. The molecule has 1 aliphatic heterocycles. The number of aliphatic hydroxyl groups is 3. The molecule has 3 saturated carbocycles. The van der Waals surface area contributed by atoms with E-state index in [9.17, 15) is 15.3 Å². The molecule has 0 aromatic heterocycles. The van der Waals surface area contributed by atoms with Gasteiger partial charge in [0, 0.05) is 52.1 Å². The summed E-state index contributed by atoms with van der Waals surface area (Å²) in [5.74, 6) is -0.148. The summed E-state index contributed by atoms with van der Waals surface area (Å²) in [4.78, 5) is 1.31. The van der Waals surface area contributed by atoms with Gasteiger partial charge >= 0.3 is 0 Å². The molecule has 13 heteroatoms. The fourth-order valence-corrected chi connectivity index (χ4v) is 9.41. The number of quaternary nitrogens is 1. The molecule has 11 atom stereocenters. The lowest BCUT2D eigenvalue weighted by atomic mass is 9.49. The summed E-state index contributed by atoms with van der Waals surface area (Å²) >= 11 is 0. The van der Waals surface area contributed by atoms with Gasteiger partial charge in [0.2, 0.25) is 0 Å². The fourth-order valence-electron chi connectivity index (χ4n) is 9.41. The van der Waals surface area contributed by atoms with Crippen molar-refractivity contribution in [1.82, 2.24) is 0 Å². The Hall–Kier alpha value is -0.190. The van der Waals surface area contributed by atoms with Gasteiger partial charge in [-0.15, -0.1) is 10.2 Å². The molecule has 4 fully saturated rings. The minimum Gasteiger partial charge on any atom is -0.393 e. The van der Waals surface area contributed by atoms with Gasteiger partial charge in [-0.2, -0.15) is 0 Å². The fraction of sp³-hybridized carbons (Fsp3) is 1.00. The summed E-state index contributed by atoms with van der Waals surface area (Å²) in [6.07, 6.45) is 2.96. The summed E-state index contributed by atoms with van der Waals surface area (Å²) in [5, 5.41) is 36.2. The zero-order valence-corrected chi connectivity index (χ0v) is 24.8. The predicted octanol–water partition coefficient (Wildman–Crippen LogP) is -4.73. The lowest BCUT2D eigenvalue weighted by Gasteiger charge is -2.62. The zero-order chi connectivity index (χ0) is 29.4. The molecule has 230 valence electrons. The standard InChI is InChI=1S/C26H47NO7.ClHO4/c1-7-12-27-15-24(16-32-4)10-9-19(33-5)25-11-8-17(14-31-3)18(28)13-23(2,29)26(30,22(25)27)21(34-6)20(24)25;2-1(3,4)5/h17-22,28-30H,7-16H2,1-6H3;(H,2,3,4,5)/t17-,18+,19+,20-,21+,22-,23-,24?,25+,26?;/m1./s1. The third kappa shape index (κ3) is 5.63. The minimum absolute atomic E-state index is 0.0239. The van der Waals surface area contributed by atoms with Crippen LogP contribution in [0.25, 0.3) is 0 Å². The minimum atomic E-state index is -4.94. The maximum atomic E-state index is 12.8. The average molecular weight is 586 g/mol. The molecule has 12 nitrogen and oxygen atoms in total. The molecule has 4 rings (SSSR count). The number of ether oxygens (including phenoxy) is 4. The Labute approximate surface area is 233 Å². The third-order valence-corrected chi connectivity index (χ3v) is 10.3. The summed E-state index contributed by atoms with van der Waals surface area (Å²) in [5.41, 5.74) is -3.69. The highest BCUT2D eigenvalue weighted by Crippen LogP contribution is 2.68. The highest BCUT2D eigenvalue weighted by Gasteiger charge is 2.85. The highest BCUT2D eigenvalue weighted by molar-refractivity contribution is 5.29. The Morgan fingerprint density at radius 3 is 2.13 bits per heavy atom. The Morgan fingerprint density at radius 1 is 0.974 bits per heavy atom. The van der Waals surface area contributed by atoms with Crippen molar-refractivity contribution in [3.63, 3.8) is 0 Å². The van der Waals surface area contributed by atoms with Crippen LogP contribution in [0.3, 0.4) is 0 Å². The van der Waals surface area contributed by atoms with Crippen molar-refractivity contribution in [3.8, 4) is 0 Å². The molecule has 1 spiro atoms. The summed E-state index contributed by atoms with van der Waals surface area (Å²) < 4.78 is 57.8. The van der Waals surface area contributed by atoms with E-state index in [-0.39, 0.29) is 35.8 Å². The van der Waals surface area contributed by atoms with E-state index in [4.69, 9.17) is 37.6 Å². The molecule has 1 heterocycles. The van der Waals surface area contributed by atoms with Gasteiger partial charge in [0.05, 0.1) is 50.0 Å². The van der Waals surface area contributed by atoms with Gasteiger partial charge in [-0.3, -0.25) is 0 Å². The quantitative estimate of drug-likeness (QED) is 0.214. The van der Waals surface area contributed by atoms with Crippen LogP contribution in [-0.4, -0.2) is 106 Å². The first-order valence-corrected chi connectivity index (χ1v) is 15.0. The van der Waals surface area contributed by atoms with Crippen LogP contribution in [0, 0.1) is 32.9 Å². The number of rotatable bonds is 8. The number of methoxy groups -OCH3 is 4. The molecule has 0 radical (unpaired) electrons. The molecular weight excluding hydrogens is 538 g/mol. The van der Waals surface area contributed by atoms with Gasteiger partial charge in [0.25, 0.3) is 0 Å². The number of halogens is 1. The zero-order valence-electron chi connectivity index (χ0n) is 24.0. The van der Waals surface area contributed by atoms with E-state index in [1.54, 1.807) is 35.4 Å². The second kappa shape index (κ2) is 12.2. The normalized spacial score (nSPS) is 47.5. The van der Waals surface area contributed by atoms with E-state index in [0.29, 0.717) is 13.2 Å². The first-order valence-electron chi connectivity index (χ1n) is 13.8. The maximum absolute atomic E-state index is 12.8. The predicted molar refractivity (Wildman–Crippen MR) is 127 cm³/mol. The molecule has 5 bridgehead atoms. The van der Waals surface area contributed by atoms with Crippen molar-refractivity contribution < 1.29 is 68.0 Å². The molecule has 3 aliphatic carbocycles. The van der Waals surface area contributed by atoms with E-state index in [2.05, 4.69) is 6.92 Å². The van der Waals surface area contributed by atoms with Crippen LogP contribution in [0.4, 0.5) is 0 Å². The number of hydrogen-bond donors (Lipinski definition) is 4. The topological polar surface area (TPSA) is 194 Å². The largest absolute Gasteiger partial charge is 0.393 e. The Bertz CT molecular complexity index is 809. The Morgan fingerprint density at radius 2 is 1.62 bits per heavy atom. The second-order valence-electron chi connectivity index (χ2n) is 12.3. The second-order valence-corrected chi connectivity index (χ2v) is 13.1. The van der Waals surface area contributed by atoms with Gasteiger partial charge in [0.15, 0.2) is 5.60 Å². The molecule has 4 N–H and O–H groups in total. The molecule has 0 aromatic rings. The lowest BCUT2D eigenvalue weighted by Crippen LogP contribution is -3.22. The van der Waals surface area contributed by atoms with Crippen LogP contribution in [0.2, 0.25) is 0 Å². The van der Waals surface area contributed by atoms with Crippen molar-refractivity contribution in [2.45, 2.75) is 87.9 Å². The molecule has 4 aliphatic rings. The molecule has 0 aromatic carbocycles. The van der Waals surface area contributed by atoms with Gasteiger partial charge in [-0.1, -0.05) is 6.92 Å². The molecular formula is C26H48ClNO11. The maximum Gasteiger partial charge on any atom is 0.172 e. The Kier molecular flexibility index (Phi) is 10.4. The first-order chi connectivity index (χ1) is 18.1. The van der Waals surface area contributed by atoms with Crippen LogP contribution in [-0.2, 0) is 18.9 Å². The van der Waals surface area contributed by atoms with Gasteiger partial charge < -0.3 is 39.2 Å². The van der Waals surface area contributed by atoms with E-state index < -0.39 is 39.1 Å². The van der Waals surface area contributed by atoms with Crippen molar-refractivity contribution in [2.75, 3.05) is 54.7 Å². The van der Waals surface area contributed by atoms with Crippen LogP contribution < -0.4 is 23.5 Å². The van der Waals surface area contributed by atoms with Crippen molar-refractivity contribution in [2.24, 2.45) is 22.7 Å². The van der Waals surface area contributed by atoms with Crippen LogP contribution in [0.1, 0.15) is 52.4 Å². The molecule has 0 amide bonds. The highest BCUT2D eigenvalue weighted by atomic mass is 35.7. The van der Waals surface area contributed by atoms with E-state index in [1.165, 1.54) is 4.90 Å². The van der Waals surface area contributed by atoms with E-state index >= 15 is 0 Å². The number of aliphatic hydroxyl groups excluding tert-OH is 1. The van der Waals surface area contributed by atoms with Crippen LogP contribution in [0.15, 0.2) is 0 Å². The lowest BCUT2D eigenvalue weighted by molar-refractivity contribution is -2.00. The van der Waals surface area contributed by atoms with E-state index in [0.717, 1.165) is 45.2 Å². The van der Waals surface area contributed by atoms with Gasteiger partial charge in [-0.05, 0) is 39.0 Å². The number of hydrogen-bond acceptors (Lipinski definition) is 11. The van der Waals surface area contributed by atoms with Crippen LogP contribution >= 0.6 is 0 Å². The number of piperidine rings is 1. The smallest absolute Gasteiger partial charge is 0.172 e. The first kappa shape index (κ1) is 33.3. The van der Waals surface area contributed by atoms with Crippen molar-refractivity contribution in [1.29, 1.82) is 0 Å². The number of likely N-dealkylation sites (tertiary alicyclic amines) is 1.